The van der Waals surface area contributed by atoms with Crippen LogP contribution in [0.3, 0.4) is 0 Å². The Bertz CT molecular complexity index is 1250. The average molecular weight is 345 g/mol. The van der Waals surface area contributed by atoms with Gasteiger partial charge in [0.1, 0.15) is 17.2 Å². The van der Waals surface area contributed by atoms with Gasteiger partial charge in [-0.15, -0.1) is 0 Å². The van der Waals surface area contributed by atoms with E-state index in [0.717, 1.165) is 10.9 Å². The minimum atomic E-state index is -0.00113. The number of nitrogens with one attached hydrogen (secondary N) is 2. The van der Waals surface area contributed by atoms with Gasteiger partial charge in [0.15, 0.2) is 22.7 Å². The molecule has 2 N–H and O–H groups in total. The molecule has 0 atom stereocenters. The van der Waals surface area contributed by atoms with Gasteiger partial charge in [-0.2, -0.15) is 5.26 Å². The maximum absolute atomic E-state index is 9.44. The van der Waals surface area contributed by atoms with Crippen LogP contribution in [0.25, 0.3) is 27.8 Å². The van der Waals surface area contributed by atoms with E-state index in [1.807, 2.05) is 36.4 Å². The van der Waals surface area contributed by atoms with E-state index in [4.69, 9.17) is 14.9 Å². The summed E-state index contributed by atoms with van der Waals surface area (Å²) in [7, 11) is 3.12. The van der Waals surface area contributed by atoms with E-state index in [1.165, 1.54) is 0 Å². The minimum Gasteiger partial charge on any atom is -0.493 e. The molecule has 128 valence electrons. The molecule has 2 heterocycles. The van der Waals surface area contributed by atoms with Crippen molar-refractivity contribution in [2.24, 2.45) is 0 Å². The molecule has 0 amide bonds. The Morgan fingerprint density at radius 3 is 2.62 bits per heavy atom. The lowest BCUT2D eigenvalue weighted by atomic mass is 10.2. The molecule has 26 heavy (non-hydrogen) atoms. The molecule has 0 spiro atoms. The molecule has 0 saturated carbocycles. The van der Waals surface area contributed by atoms with Gasteiger partial charge in [0.05, 0.1) is 19.9 Å². The third kappa shape index (κ3) is 2.20. The molecule has 0 unspecified atom stereocenters. The monoisotopic (exact) mass is 345 g/mol. The highest BCUT2D eigenvalue weighted by molar-refractivity contribution is 6.04. The number of fused-ring (bicyclic) bond motifs is 3. The van der Waals surface area contributed by atoms with Gasteiger partial charge < -0.3 is 14.5 Å². The average Bonchev–Trinajstić information content (AvgIpc) is 3.04. The topological polar surface area (TPSA) is 99.7 Å². The van der Waals surface area contributed by atoms with E-state index in [2.05, 4.69) is 9.97 Å². The maximum atomic E-state index is 9.44. The van der Waals surface area contributed by atoms with E-state index < -0.39 is 0 Å². The first-order valence-corrected chi connectivity index (χ1v) is 7.88. The van der Waals surface area contributed by atoms with Crippen molar-refractivity contribution < 1.29 is 9.47 Å². The lowest BCUT2D eigenvalue weighted by Crippen LogP contribution is -2.23. The lowest BCUT2D eigenvalue weighted by molar-refractivity contribution is 0.355. The molecule has 0 bridgehead atoms. The van der Waals surface area contributed by atoms with E-state index >= 15 is 0 Å². The number of hydrogen-bond acceptors (Lipinski definition) is 5. The number of rotatable bonds is 3. The van der Waals surface area contributed by atoms with Crippen LogP contribution in [0.15, 0.2) is 42.5 Å². The van der Waals surface area contributed by atoms with Crippen molar-refractivity contribution in [2.45, 2.75) is 0 Å². The molecule has 4 aromatic rings. The Labute approximate surface area is 148 Å². The Hall–Kier alpha value is -3.79. The zero-order chi connectivity index (χ0) is 18.3. The lowest BCUT2D eigenvalue weighted by Gasteiger charge is -2.13. The normalized spacial score (nSPS) is 10.8. The summed E-state index contributed by atoms with van der Waals surface area (Å²) in [5.74, 6) is 1.13. The van der Waals surface area contributed by atoms with Crippen molar-refractivity contribution in [3.05, 3.63) is 53.6 Å². The van der Waals surface area contributed by atoms with Crippen LogP contribution in [0.1, 0.15) is 5.69 Å². The van der Waals surface area contributed by atoms with Crippen LogP contribution in [0, 0.1) is 16.7 Å². The predicted octanol–water partition coefficient (Wildman–Crippen LogP) is 2.88. The summed E-state index contributed by atoms with van der Waals surface area (Å²) in [6, 6.07) is 15.1. The van der Waals surface area contributed by atoms with Crippen LogP contribution in [-0.2, 0) is 0 Å². The first-order valence-electron chi connectivity index (χ1n) is 7.88. The summed E-state index contributed by atoms with van der Waals surface area (Å²) < 4.78 is 12.3. The minimum absolute atomic E-state index is 0.00113. The van der Waals surface area contributed by atoms with Crippen molar-refractivity contribution in [2.75, 3.05) is 14.2 Å². The number of hydrogen-bond donors (Lipinski definition) is 2. The second kappa shape index (κ2) is 5.93. The molecule has 7 nitrogen and oxygen atoms in total. The van der Waals surface area contributed by atoms with Gasteiger partial charge in [-0.05, 0) is 18.2 Å². The number of aromatic nitrogens is 3. The van der Waals surface area contributed by atoms with Gasteiger partial charge in [-0.25, -0.2) is 4.98 Å². The maximum Gasteiger partial charge on any atom is 0.184 e. The molecular formula is C19H15N5O2. The molecule has 0 aliphatic carbocycles. The highest BCUT2D eigenvalue weighted by atomic mass is 16.5. The van der Waals surface area contributed by atoms with Crippen LogP contribution in [0.2, 0.25) is 0 Å². The third-order valence-electron chi connectivity index (χ3n) is 4.29. The van der Waals surface area contributed by atoms with E-state index in [0.29, 0.717) is 28.4 Å². The first kappa shape index (κ1) is 15.7. The van der Waals surface area contributed by atoms with Gasteiger partial charge in [-0.3, -0.25) is 9.98 Å². The second-order valence-corrected chi connectivity index (χ2v) is 5.66. The van der Waals surface area contributed by atoms with Crippen molar-refractivity contribution in [3.63, 3.8) is 0 Å². The fourth-order valence-corrected chi connectivity index (χ4v) is 3.07. The summed E-state index contributed by atoms with van der Waals surface area (Å²) in [5, 5.41) is 18.8. The van der Waals surface area contributed by atoms with Crippen molar-refractivity contribution in [1.29, 1.82) is 10.7 Å². The van der Waals surface area contributed by atoms with Gasteiger partial charge in [-0.1, -0.05) is 18.2 Å². The highest BCUT2D eigenvalue weighted by Gasteiger charge is 2.16. The molecule has 7 heteroatoms. The summed E-state index contributed by atoms with van der Waals surface area (Å²) >= 11 is 0. The summed E-state index contributed by atoms with van der Waals surface area (Å²) in [4.78, 5) is 7.69. The highest BCUT2D eigenvalue weighted by Crippen LogP contribution is 2.30. The zero-order valence-corrected chi connectivity index (χ0v) is 14.2. The van der Waals surface area contributed by atoms with Crippen LogP contribution < -0.4 is 15.0 Å². The second-order valence-electron chi connectivity index (χ2n) is 5.66. The number of nitrogens with zero attached hydrogens (tertiary/aromatic N) is 3. The van der Waals surface area contributed by atoms with Gasteiger partial charge in [0.25, 0.3) is 0 Å². The number of aromatic amines is 1. The number of nitriles is 1. The number of ether oxygens (including phenoxy) is 2. The van der Waals surface area contributed by atoms with Crippen molar-refractivity contribution in [3.8, 4) is 23.3 Å². The fourth-order valence-electron chi connectivity index (χ4n) is 3.07. The quantitative estimate of drug-likeness (QED) is 0.596. The zero-order valence-electron chi connectivity index (χ0n) is 14.2. The van der Waals surface area contributed by atoms with Crippen molar-refractivity contribution >= 4 is 22.1 Å². The van der Waals surface area contributed by atoms with Crippen LogP contribution in [-0.4, -0.2) is 28.8 Å². The number of para-hydroxylation sites is 1. The summed E-state index contributed by atoms with van der Waals surface area (Å²) in [6.07, 6.45) is 0. The van der Waals surface area contributed by atoms with E-state index in [9.17, 15) is 5.26 Å². The number of benzene rings is 2. The molecule has 0 aliphatic rings. The Balaban J connectivity index is 2.13. The van der Waals surface area contributed by atoms with Crippen LogP contribution >= 0.6 is 0 Å². The molecule has 2 aromatic heterocycles. The third-order valence-corrected chi connectivity index (χ3v) is 4.29. The molecule has 0 radical (unpaired) electrons. The van der Waals surface area contributed by atoms with E-state index in [1.54, 1.807) is 30.9 Å². The summed E-state index contributed by atoms with van der Waals surface area (Å²) in [5.41, 5.74) is 2.89. The largest absolute Gasteiger partial charge is 0.493 e. The summed E-state index contributed by atoms with van der Waals surface area (Å²) in [6.45, 7) is 0. The smallest absolute Gasteiger partial charge is 0.184 e. The SMILES string of the molecule is COc1ccc(-n2c(=N)c(C#N)nc3c4ccccc4[nH]c32)cc1OC. The Morgan fingerprint density at radius 2 is 1.88 bits per heavy atom. The van der Waals surface area contributed by atoms with E-state index in [-0.39, 0.29) is 11.2 Å². The molecule has 4 rings (SSSR count). The Morgan fingerprint density at radius 1 is 1.12 bits per heavy atom. The molecule has 0 fully saturated rings. The van der Waals surface area contributed by atoms with Crippen LogP contribution in [0.4, 0.5) is 0 Å². The molecule has 0 saturated heterocycles. The molecular weight excluding hydrogens is 330 g/mol. The first-order chi connectivity index (χ1) is 12.7. The number of methoxy groups -OCH3 is 2. The van der Waals surface area contributed by atoms with Gasteiger partial charge in [0.2, 0.25) is 0 Å². The number of H-pyrrole nitrogens is 1. The molecule has 0 aliphatic heterocycles. The predicted molar refractivity (Wildman–Crippen MR) is 96.6 cm³/mol. The Kier molecular flexibility index (Phi) is 3.59. The van der Waals surface area contributed by atoms with Crippen LogP contribution in [0.5, 0.6) is 11.5 Å². The fraction of sp³-hybridized carbons (Fsp3) is 0.105. The molecule has 2 aromatic carbocycles. The standard InChI is InChI=1S/C19H15N5O2/c1-25-15-8-7-11(9-16(15)26-2)24-18(21)14(10-20)22-17-12-5-3-4-6-13(12)23-19(17)24/h3-9,21,23H,1-2H3. The van der Waals surface area contributed by atoms with Crippen molar-refractivity contribution in [1.82, 2.24) is 14.5 Å². The van der Waals surface area contributed by atoms with Gasteiger partial charge in [0, 0.05) is 17.0 Å². The van der Waals surface area contributed by atoms with Gasteiger partial charge >= 0.3 is 0 Å².